The molecule has 1 N–H and O–H groups in total. The number of hydrogen-bond acceptors (Lipinski definition) is 4. The van der Waals surface area contributed by atoms with Crippen molar-refractivity contribution < 1.29 is 17.6 Å². The molecule has 0 bridgehead atoms. The first-order valence-corrected chi connectivity index (χ1v) is 8.32. The lowest BCUT2D eigenvalue weighted by molar-refractivity contribution is 0.199. The molecule has 0 radical (unpaired) electrons. The molecule has 1 aliphatic heterocycles. The van der Waals surface area contributed by atoms with Gasteiger partial charge in [-0.15, -0.1) is 0 Å². The van der Waals surface area contributed by atoms with Crippen LogP contribution in [0, 0.1) is 0 Å². The van der Waals surface area contributed by atoms with Crippen LogP contribution in [-0.4, -0.2) is 56.1 Å². The van der Waals surface area contributed by atoms with Crippen LogP contribution in [0.4, 0.5) is 4.79 Å². The minimum atomic E-state index is -3.19. The largest absolute Gasteiger partial charge is 0.467 e. The standard InChI is InChI=1S/C12H19N3O4S/c1-20(17,18)15-6-3-5-14(7-8-15)12(16)13-10-11-4-2-9-19-11/h2,4,9H,3,5-8,10H2,1H3,(H,13,16). The van der Waals surface area contributed by atoms with Gasteiger partial charge >= 0.3 is 6.03 Å². The van der Waals surface area contributed by atoms with Crippen molar-refractivity contribution in [2.75, 3.05) is 32.4 Å². The number of amides is 2. The van der Waals surface area contributed by atoms with Crippen molar-refractivity contribution in [2.24, 2.45) is 0 Å². The highest BCUT2D eigenvalue weighted by Gasteiger charge is 2.23. The molecule has 1 aromatic heterocycles. The molecule has 20 heavy (non-hydrogen) atoms. The van der Waals surface area contributed by atoms with Crippen LogP contribution in [0.3, 0.4) is 0 Å². The number of carbonyl (C=O) groups excluding carboxylic acids is 1. The molecule has 2 heterocycles. The molecule has 7 nitrogen and oxygen atoms in total. The van der Waals surface area contributed by atoms with Crippen molar-refractivity contribution in [1.82, 2.24) is 14.5 Å². The Morgan fingerprint density at radius 1 is 1.35 bits per heavy atom. The van der Waals surface area contributed by atoms with Crippen molar-refractivity contribution in [3.8, 4) is 0 Å². The second kappa shape index (κ2) is 6.27. The Morgan fingerprint density at radius 2 is 2.15 bits per heavy atom. The van der Waals surface area contributed by atoms with Gasteiger partial charge in [0.2, 0.25) is 10.0 Å². The highest BCUT2D eigenvalue weighted by atomic mass is 32.2. The van der Waals surface area contributed by atoms with E-state index in [0.717, 1.165) is 0 Å². The topological polar surface area (TPSA) is 82.9 Å². The van der Waals surface area contributed by atoms with Crippen LogP contribution < -0.4 is 5.32 Å². The maximum absolute atomic E-state index is 12.0. The van der Waals surface area contributed by atoms with Crippen LogP contribution >= 0.6 is 0 Å². The number of carbonyl (C=O) groups is 1. The Kier molecular flexibility index (Phi) is 4.66. The average molecular weight is 301 g/mol. The van der Waals surface area contributed by atoms with E-state index < -0.39 is 10.0 Å². The third kappa shape index (κ3) is 3.97. The Morgan fingerprint density at radius 3 is 2.80 bits per heavy atom. The van der Waals surface area contributed by atoms with Crippen molar-refractivity contribution in [2.45, 2.75) is 13.0 Å². The summed E-state index contributed by atoms with van der Waals surface area (Å²) in [7, 11) is -3.19. The van der Waals surface area contributed by atoms with E-state index in [0.29, 0.717) is 44.9 Å². The summed E-state index contributed by atoms with van der Waals surface area (Å²) < 4.78 is 29.5. The normalized spacial score (nSPS) is 17.8. The molecule has 1 fully saturated rings. The van der Waals surface area contributed by atoms with Gasteiger partial charge in [-0.05, 0) is 18.6 Å². The minimum absolute atomic E-state index is 0.197. The molecule has 2 rings (SSSR count). The highest BCUT2D eigenvalue weighted by molar-refractivity contribution is 7.88. The van der Waals surface area contributed by atoms with Crippen LogP contribution in [0.1, 0.15) is 12.2 Å². The van der Waals surface area contributed by atoms with E-state index in [1.807, 2.05) is 0 Å². The van der Waals surface area contributed by atoms with Gasteiger partial charge in [-0.25, -0.2) is 17.5 Å². The van der Waals surface area contributed by atoms with Gasteiger partial charge in [-0.1, -0.05) is 0 Å². The molecule has 0 spiro atoms. The summed E-state index contributed by atoms with van der Waals surface area (Å²) in [6, 6.07) is 3.35. The van der Waals surface area contributed by atoms with E-state index in [2.05, 4.69) is 5.32 Å². The summed E-state index contributed by atoms with van der Waals surface area (Å²) in [4.78, 5) is 13.6. The van der Waals surface area contributed by atoms with Crippen LogP contribution in [0.5, 0.6) is 0 Å². The Balaban J connectivity index is 1.85. The van der Waals surface area contributed by atoms with Crippen LogP contribution in [-0.2, 0) is 16.6 Å². The van der Waals surface area contributed by atoms with Crippen LogP contribution in [0.2, 0.25) is 0 Å². The molecule has 1 aromatic rings. The smallest absolute Gasteiger partial charge is 0.317 e. The monoisotopic (exact) mass is 301 g/mol. The van der Waals surface area contributed by atoms with Gasteiger partial charge in [0, 0.05) is 26.2 Å². The predicted octanol–water partition coefficient (Wildman–Crippen LogP) is 0.456. The molecular weight excluding hydrogens is 282 g/mol. The molecule has 1 aliphatic rings. The molecule has 0 unspecified atom stereocenters. The van der Waals surface area contributed by atoms with Crippen LogP contribution in [0.15, 0.2) is 22.8 Å². The summed E-state index contributed by atoms with van der Waals surface area (Å²) in [5, 5.41) is 2.76. The first-order chi connectivity index (χ1) is 9.47. The summed E-state index contributed by atoms with van der Waals surface area (Å²) in [5.74, 6) is 0.686. The molecular formula is C12H19N3O4S. The van der Waals surface area contributed by atoms with Gasteiger partial charge in [0.25, 0.3) is 0 Å². The molecule has 0 atom stereocenters. The zero-order chi connectivity index (χ0) is 14.6. The lowest BCUT2D eigenvalue weighted by Gasteiger charge is -2.21. The molecule has 8 heteroatoms. The van der Waals surface area contributed by atoms with Crippen molar-refractivity contribution in [1.29, 1.82) is 0 Å². The average Bonchev–Trinajstić information content (AvgIpc) is 2.76. The highest BCUT2D eigenvalue weighted by Crippen LogP contribution is 2.07. The minimum Gasteiger partial charge on any atom is -0.467 e. The summed E-state index contributed by atoms with van der Waals surface area (Å²) >= 11 is 0. The van der Waals surface area contributed by atoms with Crippen molar-refractivity contribution in [3.05, 3.63) is 24.2 Å². The quantitative estimate of drug-likeness (QED) is 0.879. The lowest BCUT2D eigenvalue weighted by Crippen LogP contribution is -2.42. The molecule has 0 aromatic carbocycles. The first kappa shape index (κ1) is 14.9. The molecule has 0 saturated carbocycles. The van der Waals surface area contributed by atoms with Gasteiger partial charge in [0.05, 0.1) is 19.1 Å². The zero-order valence-electron chi connectivity index (χ0n) is 11.4. The van der Waals surface area contributed by atoms with Gasteiger partial charge in [-0.2, -0.15) is 0 Å². The Hall–Kier alpha value is -1.54. The number of furan rings is 1. The lowest BCUT2D eigenvalue weighted by atomic mass is 10.4. The molecule has 0 aliphatic carbocycles. The maximum atomic E-state index is 12.0. The fourth-order valence-corrected chi connectivity index (χ4v) is 2.99. The van der Waals surface area contributed by atoms with Gasteiger partial charge in [-0.3, -0.25) is 0 Å². The number of rotatable bonds is 3. The van der Waals surface area contributed by atoms with E-state index >= 15 is 0 Å². The third-order valence-corrected chi connectivity index (χ3v) is 4.51. The number of urea groups is 1. The van der Waals surface area contributed by atoms with Crippen molar-refractivity contribution >= 4 is 16.1 Å². The molecule has 112 valence electrons. The number of nitrogens with one attached hydrogen (secondary N) is 1. The fraction of sp³-hybridized carbons (Fsp3) is 0.583. The summed E-state index contributed by atoms with van der Waals surface area (Å²) in [6.45, 7) is 2.08. The van der Waals surface area contributed by atoms with Crippen LogP contribution in [0.25, 0.3) is 0 Å². The second-order valence-electron chi connectivity index (χ2n) is 4.74. The maximum Gasteiger partial charge on any atom is 0.317 e. The summed E-state index contributed by atoms with van der Waals surface area (Å²) in [6.07, 6.45) is 3.39. The summed E-state index contributed by atoms with van der Waals surface area (Å²) in [5.41, 5.74) is 0. The van der Waals surface area contributed by atoms with E-state index in [-0.39, 0.29) is 6.03 Å². The van der Waals surface area contributed by atoms with E-state index in [1.54, 1.807) is 23.3 Å². The van der Waals surface area contributed by atoms with Gasteiger partial charge in [0.15, 0.2) is 0 Å². The number of nitrogens with zero attached hydrogens (tertiary/aromatic N) is 2. The van der Waals surface area contributed by atoms with E-state index in [4.69, 9.17) is 4.42 Å². The van der Waals surface area contributed by atoms with Crippen molar-refractivity contribution in [3.63, 3.8) is 0 Å². The van der Waals surface area contributed by atoms with E-state index in [1.165, 1.54) is 10.6 Å². The first-order valence-electron chi connectivity index (χ1n) is 6.47. The Labute approximate surface area is 118 Å². The van der Waals surface area contributed by atoms with Gasteiger partial charge in [0.1, 0.15) is 5.76 Å². The fourth-order valence-electron chi connectivity index (χ4n) is 2.12. The SMILES string of the molecule is CS(=O)(=O)N1CCCN(C(=O)NCc2ccco2)CC1. The number of hydrogen-bond donors (Lipinski definition) is 1. The zero-order valence-corrected chi connectivity index (χ0v) is 12.2. The van der Waals surface area contributed by atoms with E-state index in [9.17, 15) is 13.2 Å². The molecule has 1 saturated heterocycles. The predicted molar refractivity (Wildman–Crippen MR) is 73.6 cm³/mol. The second-order valence-corrected chi connectivity index (χ2v) is 6.72. The van der Waals surface area contributed by atoms with Gasteiger partial charge < -0.3 is 14.6 Å². The molecule has 2 amide bonds. The number of sulfonamides is 1. The third-order valence-electron chi connectivity index (χ3n) is 3.21. The Bertz CT molecular complexity index is 541.